The van der Waals surface area contributed by atoms with Crippen molar-refractivity contribution in [2.24, 2.45) is 5.73 Å². The minimum Gasteiger partial charge on any atom is -0.475 e. The zero-order valence-corrected chi connectivity index (χ0v) is 8.42. The summed E-state index contributed by atoms with van der Waals surface area (Å²) in [5.41, 5.74) is 4.70. The van der Waals surface area contributed by atoms with Gasteiger partial charge in [-0.15, -0.1) is 0 Å². The van der Waals surface area contributed by atoms with Crippen molar-refractivity contribution in [2.45, 2.75) is 6.18 Å². The van der Waals surface area contributed by atoms with Crippen molar-refractivity contribution in [2.75, 3.05) is 0 Å². The largest absolute Gasteiger partial charge is 0.490 e. The highest BCUT2D eigenvalue weighted by molar-refractivity contribution is 5.90. The fourth-order valence-corrected chi connectivity index (χ4v) is 0.710. The number of halogens is 3. The Bertz CT molecular complexity index is 439. The van der Waals surface area contributed by atoms with E-state index < -0.39 is 23.1 Å². The van der Waals surface area contributed by atoms with E-state index in [1.54, 1.807) is 0 Å². The molecule has 0 aromatic carbocycles. The van der Waals surface area contributed by atoms with Gasteiger partial charge in [0.05, 0.1) is 6.20 Å². The van der Waals surface area contributed by atoms with Gasteiger partial charge in [-0.25, -0.2) is 14.9 Å². The molecule has 0 fully saturated rings. The first-order valence-electron chi connectivity index (χ1n) is 3.99. The molecule has 1 heterocycles. The Balaban J connectivity index is 0.000000360. The number of carboxylic acids is 1. The van der Waals surface area contributed by atoms with Crippen LogP contribution in [0.5, 0.6) is 0 Å². The minimum atomic E-state index is -5.08. The van der Waals surface area contributed by atoms with Crippen LogP contribution in [0.1, 0.15) is 10.5 Å². The van der Waals surface area contributed by atoms with E-state index in [-0.39, 0.29) is 5.69 Å². The highest BCUT2D eigenvalue weighted by Crippen LogP contribution is 2.13. The number of nitrogens with zero attached hydrogens (tertiary/aromatic N) is 2. The number of carbonyl (C=O) groups is 2. The number of aromatic nitrogens is 1. The summed E-state index contributed by atoms with van der Waals surface area (Å²) < 4.78 is 32.3. The third-order valence-corrected chi connectivity index (χ3v) is 1.40. The second-order valence-electron chi connectivity index (χ2n) is 2.64. The zero-order valence-electron chi connectivity index (χ0n) is 8.42. The van der Waals surface area contributed by atoms with Crippen molar-refractivity contribution in [3.8, 4) is 0 Å². The van der Waals surface area contributed by atoms with Crippen LogP contribution < -0.4 is 5.73 Å². The minimum absolute atomic E-state index is 0.130. The fourth-order valence-electron chi connectivity index (χ4n) is 0.710. The topological polar surface area (TPSA) is 128 Å². The molecule has 0 saturated heterocycles. The number of nitrogens with two attached hydrogens (primary N) is 1. The number of hydrogen-bond donors (Lipinski definition) is 2. The van der Waals surface area contributed by atoms with Gasteiger partial charge in [0.1, 0.15) is 0 Å². The SMILES string of the molecule is NC(=O)c1cccn1[N+](=O)[O-].O=C(O)C(F)(F)F. The Morgan fingerprint density at radius 3 is 2.11 bits per heavy atom. The van der Waals surface area contributed by atoms with Crippen molar-refractivity contribution in [1.29, 1.82) is 0 Å². The molecule has 100 valence electrons. The number of alkyl halides is 3. The van der Waals surface area contributed by atoms with Gasteiger partial charge in [0, 0.05) is 0 Å². The monoisotopic (exact) mass is 269 g/mol. The number of primary amides is 1. The maximum Gasteiger partial charge on any atom is 0.490 e. The molecule has 0 aliphatic carbocycles. The molecular formula is C7H6F3N3O5. The molecule has 0 spiro atoms. The Labute approximate surface area is 96.5 Å². The molecule has 0 aliphatic heterocycles. The molecule has 0 aliphatic rings. The summed E-state index contributed by atoms with van der Waals surface area (Å²) in [6, 6.07) is 2.66. The van der Waals surface area contributed by atoms with Gasteiger partial charge in [-0.1, -0.05) is 4.68 Å². The molecule has 3 N–H and O–H groups in total. The highest BCUT2D eigenvalue weighted by atomic mass is 19.4. The number of aliphatic carboxylic acids is 1. The van der Waals surface area contributed by atoms with E-state index in [0.29, 0.717) is 4.68 Å². The average molecular weight is 269 g/mol. The lowest BCUT2D eigenvalue weighted by molar-refractivity contribution is -0.542. The van der Waals surface area contributed by atoms with E-state index in [4.69, 9.17) is 15.6 Å². The van der Waals surface area contributed by atoms with E-state index >= 15 is 0 Å². The third kappa shape index (κ3) is 4.51. The standard InChI is InChI=1S/C5H5N3O3.C2HF3O2/c6-5(9)4-2-1-3-7(4)8(10)11;3-2(4,5)1(6)7/h1-3H,(H2,6,9);(H,6,7). The van der Waals surface area contributed by atoms with Crippen LogP contribution >= 0.6 is 0 Å². The Hall–Kier alpha value is -2.59. The van der Waals surface area contributed by atoms with E-state index in [2.05, 4.69) is 0 Å². The van der Waals surface area contributed by atoms with Gasteiger partial charge in [0.15, 0.2) is 10.7 Å². The van der Waals surface area contributed by atoms with Crippen LogP contribution in [0.3, 0.4) is 0 Å². The highest BCUT2D eigenvalue weighted by Gasteiger charge is 2.38. The maximum absolute atomic E-state index is 10.6. The van der Waals surface area contributed by atoms with Gasteiger partial charge in [0.25, 0.3) is 5.91 Å². The Morgan fingerprint density at radius 2 is 1.89 bits per heavy atom. The summed E-state index contributed by atoms with van der Waals surface area (Å²) in [7, 11) is 0. The summed E-state index contributed by atoms with van der Waals surface area (Å²) in [6.07, 6.45) is -3.93. The summed E-state index contributed by atoms with van der Waals surface area (Å²) in [5, 5.41) is 16.6. The third-order valence-electron chi connectivity index (χ3n) is 1.40. The van der Waals surface area contributed by atoms with Crippen molar-refractivity contribution in [3.63, 3.8) is 0 Å². The quantitative estimate of drug-likeness (QED) is 0.587. The number of rotatable bonds is 2. The fraction of sp³-hybridized carbons (Fsp3) is 0.143. The van der Waals surface area contributed by atoms with Crippen LogP contribution in [0.4, 0.5) is 13.2 Å². The summed E-state index contributed by atoms with van der Waals surface area (Å²) in [6.45, 7) is 0. The van der Waals surface area contributed by atoms with Crippen molar-refractivity contribution in [3.05, 3.63) is 34.1 Å². The normalized spacial score (nSPS) is 10.2. The molecule has 0 radical (unpaired) electrons. The van der Waals surface area contributed by atoms with Crippen LogP contribution in [-0.4, -0.2) is 32.9 Å². The molecular weight excluding hydrogens is 263 g/mol. The van der Waals surface area contributed by atoms with Gasteiger partial charge in [-0.2, -0.15) is 13.2 Å². The van der Waals surface area contributed by atoms with Crippen molar-refractivity contribution < 1.29 is 32.9 Å². The van der Waals surface area contributed by atoms with Crippen LogP contribution in [0.15, 0.2) is 18.3 Å². The van der Waals surface area contributed by atoms with Crippen LogP contribution in [0.25, 0.3) is 0 Å². The average Bonchev–Trinajstić information content (AvgIpc) is 2.64. The molecule has 0 unspecified atom stereocenters. The number of carboxylic acid groups (broad SMARTS) is 1. The van der Waals surface area contributed by atoms with Gasteiger partial charge in [-0.05, 0) is 12.1 Å². The molecule has 1 rings (SSSR count). The van der Waals surface area contributed by atoms with E-state index in [9.17, 15) is 28.1 Å². The summed E-state index contributed by atoms with van der Waals surface area (Å²) in [4.78, 5) is 29.5. The molecule has 1 aromatic rings. The van der Waals surface area contributed by atoms with E-state index in [1.165, 1.54) is 12.1 Å². The molecule has 18 heavy (non-hydrogen) atoms. The molecule has 1 amide bonds. The first kappa shape index (κ1) is 15.4. The first-order valence-corrected chi connectivity index (χ1v) is 3.99. The number of hydrogen-bond acceptors (Lipinski definition) is 4. The lowest BCUT2D eigenvalue weighted by Crippen LogP contribution is -2.21. The summed E-state index contributed by atoms with van der Waals surface area (Å²) >= 11 is 0. The molecule has 11 heteroatoms. The molecule has 1 aromatic heterocycles. The maximum atomic E-state index is 10.6. The lowest BCUT2D eigenvalue weighted by atomic mass is 10.4. The Morgan fingerprint density at radius 1 is 1.44 bits per heavy atom. The van der Waals surface area contributed by atoms with Gasteiger partial charge < -0.3 is 10.8 Å². The second-order valence-corrected chi connectivity index (χ2v) is 2.64. The predicted octanol–water partition coefficient (Wildman–Crippen LogP) is 0.260. The smallest absolute Gasteiger partial charge is 0.475 e. The number of amides is 1. The van der Waals surface area contributed by atoms with Crippen molar-refractivity contribution >= 4 is 11.9 Å². The van der Waals surface area contributed by atoms with E-state index in [1.807, 2.05) is 0 Å². The lowest BCUT2D eigenvalue weighted by Gasteiger charge is -1.93. The Kier molecular flexibility index (Phi) is 4.84. The summed E-state index contributed by atoms with van der Waals surface area (Å²) in [5.74, 6) is -3.57. The second kappa shape index (κ2) is 5.65. The van der Waals surface area contributed by atoms with Crippen LogP contribution in [0.2, 0.25) is 0 Å². The number of nitro groups is 1. The van der Waals surface area contributed by atoms with E-state index in [0.717, 1.165) is 6.20 Å². The van der Waals surface area contributed by atoms with Gasteiger partial charge in [0.2, 0.25) is 0 Å². The first-order chi connectivity index (χ1) is 8.07. The van der Waals surface area contributed by atoms with Gasteiger partial charge in [-0.3, -0.25) is 4.79 Å². The molecule has 0 bridgehead atoms. The predicted molar refractivity (Wildman–Crippen MR) is 49.0 cm³/mol. The van der Waals surface area contributed by atoms with Gasteiger partial charge >= 0.3 is 12.1 Å². The van der Waals surface area contributed by atoms with Crippen LogP contribution in [-0.2, 0) is 4.79 Å². The zero-order chi connectivity index (χ0) is 14.5. The van der Waals surface area contributed by atoms with Crippen LogP contribution in [0, 0.1) is 10.1 Å². The molecule has 0 saturated carbocycles. The molecule has 0 atom stereocenters. The van der Waals surface area contributed by atoms with Crippen molar-refractivity contribution in [1.82, 2.24) is 4.68 Å². The molecule has 8 nitrogen and oxygen atoms in total. The number of carbonyl (C=O) groups excluding carboxylic acids is 1.